The van der Waals surface area contributed by atoms with E-state index in [1.807, 2.05) is 6.92 Å². The van der Waals surface area contributed by atoms with Crippen molar-refractivity contribution in [1.29, 1.82) is 0 Å². The molecule has 1 saturated heterocycles. The van der Waals surface area contributed by atoms with Gasteiger partial charge in [0.1, 0.15) is 12.6 Å². The Morgan fingerprint density at radius 2 is 2.30 bits per heavy atom. The third-order valence-corrected chi connectivity index (χ3v) is 3.23. The van der Waals surface area contributed by atoms with Gasteiger partial charge in [0, 0.05) is 13.3 Å². The van der Waals surface area contributed by atoms with Crippen LogP contribution in [0.4, 0.5) is 5.69 Å². The highest BCUT2D eigenvalue weighted by atomic mass is 16.5. The highest BCUT2D eigenvalue weighted by Gasteiger charge is 2.33. The minimum absolute atomic E-state index is 0.0506. The monoisotopic (exact) mass is 280 g/mol. The number of methoxy groups -OCH3 is 1. The van der Waals surface area contributed by atoms with Crippen LogP contribution in [0.1, 0.15) is 19.8 Å². The van der Waals surface area contributed by atoms with E-state index in [4.69, 9.17) is 4.74 Å². The number of carbonyl (C=O) groups excluding carboxylic acids is 2. The molecular formula is C13H20N4O3. The highest BCUT2D eigenvalue weighted by Crippen LogP contribution is 2.18. The lowest BCUT2D eigenvalue weighted by Crippen LogP contribution is -2.58. The summed E-state index contributed by atoms with van der Waals surface area (Å²) >= 11 is 0. The summed E-state index contributed by atoms with van der Waals surface area (Å²) in [5, 5.41) is 6.90. The summed E-state index contributed by atoms with van der Waals surface area (Å²) < 4.78 is 6.68. The second-order valence-corrected chi connectivity index (χ2v) is 4.79. The zero-order valence-corrected chi connectivity index (χ0v) is 11.8. The number of nitrogens with one attached hydrogen (secondary N) is 1. The maximum atomic E-state index is 12.3. The van der Waals surface area contributed by atoms with Gasteiger partial charge in [-0.3, -0.25) is 19.2 Å². The van der Waals surface area contributed by atoms with Gasteiger partial charge in [-0.15, -0.1) is 0 Å². The number of hydrogen-bond donors (Lipinski definition) is 1. The lowest BCUT2D eigenvalue weighted by atomic mass is 10.1. The van der Waals surface area contributed by atoms with Crippen LogP contribution in [0.2, 0.25) is 0 Å². The molecule has 1 aliphatic rings. The van der Waals surface area contributed by atoms with E-state index in [9.17, 15) is 9.59 Å². The average Bonchev–Trinajstić information content (AvgIpc) is 2.89. The molecule has 2 rings (SSSR count). The van der Waals surface area contributed by atoms with E-state index in [1.165, 1.54) is 4.90 Å². The summed E-state index contributed by atoms with van der Waals surface area (Å²) in [5.41, 5.74) is 0.655. The largest absolute Gasteiger partial charge is 0.383 e. The van der Waals surface area contributed by atoms with E-state index < -0.39 is 6.04 Å². The summed E-state index contributed by atoms with van der Waals surface area (Å²) in [5.74, 6) is -0.203. The third kappa shape index (κ3) is 3.16. The number of rotatable bonds is 6. The number of aromatic nitrogens is 2. The first-order chi connectivity index (χ1) is 9.65. The van der Waals surface area contributed by atoms with Crippen LogP contribution in [-0.2, 0) is 20.9 Å². The summed E-state index contributed by atoms with van der Waals surface area (Å²) in [7, 11) is 1.62. The zero-order valence-electron chi connectivity index (χ0n) is 11.8. The maximum Gasteiger partial charge on any atom is 0.250 e. The Hall–Kier alpha value is -1.89. The van der Waals surface area contributed by atoms with Crippen LogP contribution >= 0.6 is 0 Å². The Bertz CT molecular complexity index is 486. The minimum Gasteiger partial charge on any atom is -0.383 e. The lowest BCUT2D eigenvalue weighted by molar-refractivity contribution is -0.131. The summed E-state index contributed by atoms with van der Waals surface area (Å²) in [6, 6.07) is -0.427. The molecule has 1 aliphatic heterocycles. The number of hydrogen-bond acceptors (Lipinski definition) is 4. The standard InChI is InChI=1S/C13H20N4O3/c1-3-4-11-13(19)17(9-12(18)15-11)10-7-14-16(8-10)5-6-20-2/h7-8,11H,3-6,9H2,1-2H3,(H,15,18). The van der Waals surface area contributed by atoms with Crippen molar-refractivity contribution >= 4 is 17.5 Å². The summed E-state index contributed by atoms with van der Waals surface area (Å²) in [4.78, 5) is 25.5. The van der Waals surface area contributed by atoms with Crippen LogP contribution in [0, 0.1) is 0 Å². The molecular weight excluding hydrogens is 260 g/mol. The maximum absolute atomic E-state index is 12.3. The van der Waals surface area contributed by atoms with E-state index in [0.29, 0.717) is 25.3 Å². The van der Waals surface area contributed by atoms with Gasteiger partial charge in [0.2, 0.25) is 11.8 Å². The van der Waals surface area contributed by atoms with Crippen molar-refractivity contribution in [3.63, 3.8) is 0 Å². The predicted octanol–water partition coefficient (Wildman–Crippen LogP) is 0.161. The minimum atomic E-state index is -0.427. The SMILES string of the molecule is CCCC1NC(=O)CN(c2cnn(CCOC)c2)C1=O. The Morgan fingerprint density at radius 1 is 1.50 bits per heavy atom. The number of ether oxygens (including phenoxy) is 1. The Morgan fingerprint density at radius 3 is 3.00 bits per heavy atom. The highest BCUT2D eigenvalue weighted by molar-refractivity contribution is 6.06. The molecule has 1 N–H and O–H groups in total. The van der Waals surface area contributed by atoms with Crippen molar-refractivity contribution in [2.75, 3.05) is 25.2 Å². The fourth-order valence-electron chi connectivity index (χ4n) is 2.21. The van der Waals surface area contributed by atoms with Crippen LogP contribution in [0.25, 0.3) is 0 Å². The van der Waals surface area contributed by atoms with Crippen LogP contribution in [0.3, 0.4) is 0 Å². The first kappa shape index (κ1) is 14.5. The molecule has 0 bridgehead atoms. The molecule has 1 aromatic rings. The van der Waals surface area contributed by atoms with Gasteiger partial charge >= 0.3 is 0 Å². The van der Waals surface area contributed by atoms with Gasteiger partial charge in [-0.05, 0) is 6.42 Å². The number of nitrogens with zero attached hydrogens (tertiary/aromatic N) is 3. The molecule has 0 aliphatic carbocycles. The van der Waals surface area contributed by atoms with Gasteiger partial charge in [-0.25, -0.2) is 0 Å². The van der Waals surface area contributed by atoms with Crippen LogP contribution in [-0.4, -0.2) is 47.9 Å². The van der Waals surface area contributed by atoms with Gasteiger partial charge in [-0.2, -0.15) is 5.10 Å². The van der Waals surface area contributed by atoms with Crippen LogP contribution in [0.5, 0.6) is 0 Å². The molecule has 1 fully saturated rings. The number of amides is 2. The first-order valence-corrected chi connectivity index (χ1v) is 6.77. The van der Waals surface area contributed by atoms with Gasteiger partial charge in [0.25, 0.3) is 0 Å². The lowest BCUT2D eigenvalue weighted by Gasteiger charge is -2.31. The first-order valence-electron chi connectivity index (χ1n) is 6.77. The molecule has 110 valence electrons. The molecule has 0 saturated carbocycles. The molecule has 7 nitrogen and oxygen atoms in total. The average molecular weight is 280 g/mol. The van der Waals surface area contributed by atoms with E-state index in [-0.39, 0.29) is 18.4 Å². The van der Waals surface area contributed by atoms with E-state index in [1.54, 1.807) is 24.2 Å². The molecule has 1 unspecified atom stereocenters. The number of carbonyl (C=O) groups is 2. The van der Waals surface area contributed by atoms with Crippen molar-refractivity contribution < 1.29 is 14.3 Å². The van der Waals surface area contributed by atoms with Crippen molar-refractivity contribution in [3.8, 4) is 0 Å². The Labute approximate surface area is 117 Å². The predicted molar refractivity (Wildman–Crippen MR) is 73.3 cm³/mol. The molecule has 2 amide bonds. The smallest absolute Gasteiger partial charge is 0.250 e. The molecule has 2 heterocycles. The molecule has 7 heteroatoms. The van der Waals surface area contributed by atoms with Crippen LogP contribution < -0.4 is 10.2 Å². The van der Waals surface area contributed by atoms with Crippen molar-refractivity contribution in [3.05, 3.63) is 12.4 Å². The molecule has 1 aromatic heterocycles. The Balaban J connectivity index is 2.11. The topological polar surface area (TPSA) is 76.5 Å². The summed E-state index contributed by atoms with van der Waals surface area (Å²) in [6.07, 6.45) is 4.87. The van der Waals surface area contributed by atoms with Crippen molar-refractivity contribution in [1.82, 2.24) is 15.1 Å². The molecule has 0 aromatic carbocycles. The Kier molecular flexibility index (Phi) is 4.73. The molecule has 1 atom stereocenters. The van der Waals surface area contributed by atoms with Gasteiger partial charge < -0.3 is 10.1 Å². The number of anilines is 1. The van der Waals surface area contributed by atoms with Crippen molar-refractivity contribution in [2.45, 2.75) is 32.4 Å². The van der Waals surface area contributed by atoms with E-state index in [0.717, 1.165) is 6.42 Å². The fraction of sp³-hybridized carbons (Fsp3) is 0.615. The van der Waals surface area contributed by atoms with Gasteiger partial charge in [0.15, 0.2) is 0 Å². The molecule has 0 spiro atoms. The number of piperazine rings is 1. The van der Waals surface area contributed by atoms with Gasteiger partial charge in [-0.1, -0.05) is 13.3 Å². The molecule has 20 heavy (non-hydrogen) atoms. The van der Waals surface area contributed by atoms with Crippen molar-refractivity contribution in [2.24, 2.45) is 0 Å². The third-order valence-electron chi connectivity index (χ3n) is 3.23. The van der Waals surface area contributed by atoms with Gasteiger partial charge in [0.05, 0.1) is 25.0 Å². The molecule has 0 radical (unpaired) electrons. The van der Waals surface area contributed by atoms with E-state index in [2.05, 4.69) is 10.4 Å². The van der Waals surface area contributed by atoms with E-state index >= 15 is 0 Å². The van der Waals surface area contributed by atoms with Crippen LogP contribution in [0.15, 0.2) is 12.4 Å². The summed E-state index contributed by atoms with van der Waals surface area (Å²) in [6.45, 7) is 3.20. The fourth-order valence-corrected chi connectivity index (χ4v) is 2.21. The zero-order chi connectivity index (χ0) is 14.5. The normalized spacial score (nSPS) is 19.3. The second kappa shape index (κ2) is 6.51. The quantitative estimate of drug-likeness (QED) is 0.805. The second-order valence-electron chi connectivity index (χ2n) is 4.79.